The van der Waals surface area contributed by atoms with Crippen molar-refractivity contribution in [3.8, 4) is 0 Å². The van der Waals surface area contributed by atoms with Gasteiger partial charge in [0.15, 0.2) is 0 Å². The van der Waals surface area contributed by atoms with Gasteiger partial charge in [-0.3, -0.25) is 0 Å². The lowest BCUT2D eigenvalue weighted by molar-refractivity contribution is 0.363. The summed E-state index contributed by atoms with van der Waals surface area (Å²) in [4.78, 5) is 2.32. The minimum atomic E-state index is 1.16. The average molecular weight is 169 g/mol. The van der Waals surface area contributed by atoms with Crippen molar-refractivity contribution in [2.45, 2.75) is 46.0 Å². The van der Waals surface area contributed by atoms with Gasteiger partial charge in [0, 0.05) is 13.1 Å². The van der Waals surface area contributed by atoms with E-state index >= 15 is 0 Å². The topological polar surface area (TPSA) is 3.24 Å². The molecule has 0 radical (unpaired) electrons. The smallest absolute Gasteiger partial charge is 0.0172 e. The Bertz CT molecular complexity index is 99.2. The summed E-state index contributed by atoms with van der Waals surface area (Å²) in [7, 11) is 0. The van der Waals surface area contributed by atoms with E-state index in [1.54, 1.807) is 0 Å². The fourth-order valence-corrected chi connectivity index (χ4v) is 1.32. The number of hydrogen-bond acceptors (Lipinski definition) is 1. The Kier molecular flexibility index (Phi) is 8.30. The molecule has 0 atom stereocenters. The molecular formula is C11H23N. The normalized spacial score (nSPS) is 9.83. The lowest BCUT2D eigenvalue weighted by atomic mass is 10.2. The molecule has 0 N–H and O–H groups in total. The molecule has 0 amide bonds. The summed E-state index contributed by atoms with van der Waals surface area (Å²) in [6, 6.07) is 0. The second-order valence-corrected chi connectivity index (χ2v) is 3.28. The molecule has 72 valence electrons. The van der Waals surface area contributed by atoms with Crippen molar-refractivity contribution >= 4 is 0 Å². The van der Waals surface area contributed by atoms with Gasteiger partial charge >= 0.3 is 0 Å². The number of hydrogen-bond donors (Lipinski definition) is 0. The fourth-order valence-electron chi connectivity index (χ4n) is 1.32. The molecule has 0 rings (SSSR count). The maximum atomic E-state index is 3.80. The molecule has 0 unspecified atom stereocenters. The van der Waals surface area contributed by atoms with Gasteiger partial charge in [0.25, 0.3) is 0 Å². The van der Waals surface area contributed by atoms with E-state index in [-0.39, 0.29) is 0 Å². The Balaban J connectivity index is 3.25. The van der Waals surface area contributed by atoms with Crippen LogP contribution in [0.15, 0.2) is 12.8 Å². The van der Waals surface area contributed by atoms with Gasteiger partial charge in [-0.1, -0.05) is 39.7 Å². The predicted molar refractivity (Wildman–Crippen MR) is 56.2 cm³/mol. The molecule has 0 aliphatic heterocycles. The summed E-state index contributed by atoms with van der Waals surface area (Å²) in [5.74, 6) is 0. The van der Waals surface area contributed by atoms with E-state index in [4.69, 9.17) is 0 Å². The third-order valence-corrected chi connectivity index (χ3v) is 2.07. The number of unbranched alkanes of at least 4 members (excludes halogenated alkanes) is 3. The van der Waals surface area contributed by atoms with Crippen LogP contribution in [0, 0.1) is 0 Å². The SMILES string of the molecule is C=CN(CCC)CCCCCC. The summed E-state index contributed by atoms with van der Waals surface area (Å²) in [5, 5.41) is 0. The molecular weight excluding hydrogens is 146 g/mol. The van der Waals surface area contributed by atoms with Crippen LogP contribution in [0.1, 0.15) is 46.0 Å². The van der Waals surface area contributed by atoms with Gasteiger partial charge in [-0.2, -0.15) is 0 Å². The maximum absolute atomic E-state index is 3.80. The van der Waals surface area contributed by atoms with Crippen molar-refractivity contribution in [1.82, 2.24) is 4.90 Å². The van der Waals surface area contributed by atoms with Crippen LogP contribution in [0.2, 0.25) is 0 Å². The Labute approximate surface area is 77.5 Å². The molecule has 0 saturated carbocycles. The van der Waals surface area contributed by atoms with Crippen LogP contribution in [0.3, 0.4) is 0 Å². The molecule has 0 heterocycles. The standard InChI is InChI=1S/C11H23N/c1-4-7-8-9-11-12(6-3)10-5-2/h6H,3-5,7-11H2,1-2H3. The Morgan fingerprint density at radius 2 is 1.75 bits per heavy atom. The summed E-state index contributed by atoms with van der Waals surface area (Å²) < 4.78 is 0. The molecule has 0 bridgehead atoms. The van der Waals surface area contributed by atoms with Crippen LogP contribution in [-0.4, -0.2) is 18.0 Å². The van der Waals surface area contributed by atoms with Gasteiger partial charge in [-0.05, 0) is 19.0 Å². The highest BCUT2D eigenvalue weighted by atomic mass is 15.1. The van der Waals surface area contributed by atoms with Crippen molar-refractivity contribution in [3.63, 3.8) is 0 Å². The lowest BCUT2D eigenvalue weighted by Gasteiger charge is -2.18. The molecule has 0 aromatic rings. The second-order valence-electron chi connectivity index (χ2n) is 3.28. The Morgan fingerprint density at radius 3 is 2.25 bits per heavy atom. The molecule has 0 aromatic carbocycles. The molecule has 0 aliphatic rings. The van der Waals surface area contributed by atoms with Crippen molar-refractivity contribution in [2.75, 3.05) is 13.1 Å². The minimum Gasteiger partial charge on any atom is -0.378 e. The third kappa shape index (κ3) is 6.26. The summed E-state index contributed by atoms with van der Waals surface area (Å²) in [6.45, 7) is 10.6. The maximum Gasteiger partial charge on any atom is 0.0172 e. The van der Waals surface area contributed by atoms with Gasteiger partial charge < -0.3 is 4.90 Å². The van der Waals surface area contributed by atoms with Crippen LogP contribution >= 0.6 is 0 Å². The Hall–Kier alpha value is -0.460. The van der Waals surface area contributed by atoms with E-state index in [1.807, 2.05) is 6.20 Å². The first-order chi connectivity index (χ1) is 5.85. The van der Waals surface area contributed by atoms with Crippen LogP contribution in [0.25, 0.3) is 0 Å². The van der Waals surface area contributed by atoms with Crippen molar-refractivity contribution in [1.29, 1.82) is 0 Å². The average Bonchev–Trinajstić information content (AvgIpc) is 2.10. The third-order valence-electron chi connectivity index (χ3n) is 2.07. The molecule has 0 aromatic heterocycles. The summed E-state index contributed by atoms with van der Waals surface area (Å²) >= 11 is 0. The van der Waals surface area contributed by atoms with Gasteiger partial charge in [0.1, 0.15) is 0 Å². The Morgan fingerprint density at radius 1 is 1.00 bits per heavy atom. The van der Waals surface area contributed by atoms with E-state index in [1.165, 1.54) is 38.6 Å². The zero-order valence-corrected chi connectivity index (χ0v) is 8.68. The highest BCUT2D eigenvalue weighted by Crippen LogP contribution is 2.01. The van der Waals surface area contributed by atoms with Crippen LogP contribution in [0.5, 0.6) is 0 Å². The summed E-state index contributed by atoms with van der Waals surface area (Å²) in [6.07, 6.45) is 8.57. The van der Waals surface area contributed by atoms with Crippen molar-refractivity contribution < 1.29 is 0 Å². The van der Waals surface area contributed by atoms with E-state index in [0.29, 0.717) is 0 Å². The van der Waals surface area contributed by atoms with Crippen LogP contribution < -0.4 is 0 Å². The largest absolute Gasteiger partial charge is 0.378 e. The van der Waals surface area contributed by atoms with E-state index in [0.717, 1.165) is 6.54 Å². The summed E-state index contributed by atoms with van der Waals surface area (Å²) in [5.41, 5.74) is 0. The molecule has 0 saturated heterocycles. The number of nitrogens with zero attached hydrogens (tertiary/aromatic N) is 1. The first-order valence-electron chi connectivity index (χ1n) is 5.21. The van der Waals surface area contributed by atoms with Crippen LogP contribution in [-0.2, 0) is 0 Å². The first kappa shape index (κ1) is 11.5. The first-order valence-corrected chi connectivity index (χ1v) is 5.21. The number of rotatable bonds is 8. The highest BCUT2D eigenvalue weighted by Gasteiger charge is 1.95. The predicted octanol–water partition coefficient (Wildman–Crippen LogP) is 3.42. The zero-order valence-electron chi connectivity index (χ0n) is 8.68. The minimum absolute atomic E-state index is 1.16. The molecule has 0 spiro atoms. The molecule has 0 aliphatic carbocycles. The second kappa shape index (κ2) is 8.63. The van der Waals surface area contributed by atoms with Gasteiger partial charge in [-0.15, -0.1) is 0 Å². The van der Waals surface area contributed by atoms with Crippen molar-refractivity contribution in [2.24, 2.45) is 0 Å². The lowest BCUT2D eigenvalue weighted by Crippen LogP contribution is -2.18. The fraction of sp³-hybridized carbons (Fsp3) is 0.818. The molecule has 1 nitrogen and oxygen atoms in total. The molecule has 1 heteroatoms. The zero-order chi connectivity index (χ0) is 9.23. The van der Waals surface area contributed by atoms with E-state index in [2.05, 4.69) is 25.3 Å². The van der Waals surface area contributed by atoms with Crippen LogP contribution in [0.4, 0.5) is 0 Å². The highest BCUT2D eigenvalue weighted by molar-refractivity contribution is 4.69. The monoisotopic (exact) mass is 169 g/mol. The van der Waals surface area contributed by atoms with Gasteiger partial charge in [-0.25, -0.2) is 0 Å². The van der Waals surface area contributed by atoms with Crippen molar-refractivity contribution in [3.05, 3.63) is 12.8 Å². The molecule has 0 fully saturated rings. The quantitative estimate of drug-likeness (QED) is 0.503. The van der Waals surface area contributed by atoms with E-state index in [9.17, 15) is 0 Å². The van der Waals surface area contributed by atoms with Gasteiger partial charge in [0.05, 0.1) is 0 Å². The molecule has 12 heavy (non-hydrogen) atoms. The van der Waals surface area contributed by atoms with Gasteiger partial charge in [0.2, 0.25) is 0 Å². The van der Waals surface area contributed by atoms with E-state index < -0.39 is 0 Å².